The summed E-state index contributed by atoms with van der Waals surface area (Å²) in [4.78, 5) is 9.04. The highest BCUT2D eigenvalue weighted by Gasteiger charge is 2.00. The van der Waals surface area contributed by atoms with Crippen molar-refractivity contribution in [1.82, 2.24) is 15.6 Å². The number of nitrogens with one attached hydrogen (secondary N) is 2. The van der Waals surface area contributed by atoms with Crippen molar-refractivity contribution in [1.29, 1.82) is 0 Å². The molecule has 4 nitrogen and oxygen atoms in total. The predicted octanol–water partition coefficient (Wildman–Crippen LogP) is 2.74. The van der Waals surface area contributed by atoms with Crippen molar-refractivity contribution < 1.29 is 0 Å². The van der Waals surface area contributed by atoms with Crippen LogP contribution in [0, 0.1) is 0 Å². The van der Waals surface area contributed by atoms with Crippen molar-refractivity contribution in [3.8, 4) is 0 Å². The maximum atomic E-state index is 4.53. The number of aromatic nitrogens is 1. The van der Waals surface area contributed by atoms with E-state index >= 15 is 0 Å². The fourth-order valence-electron chi connectivity index (χ4n) is 1.36. The Bertz CT molecular complexity index is 368. The molecule has 7 heteroatoms. The zero-order valence-electron chi connectivity index (χ0n) is 11.7. The number of halogens is 1. The Hall–Kier alpha value is -0.0200. The summed E-state index contributed by atoms with van der Waals surface area (Å²) >= 11 is 3.54. The molecule has 1 heterocycles. The zero-order valence-corrected chi connectivity index (χ0v) is 15.7. The molecule has 110 valence electrons. The number of aryl methyl sites for hydroxylation is 1. The standard InChI is InChI=1S/C12H22N4S2.HI/c1-4-11-16-10(9-18-11)8-15-12(13-5-2)14-6-7-17-3;/h9H,4-8H2,1-3H3,(H2,13,14,15);1H. The van der Waals surface area contributed by atoms with Gasteiger partial charge in [-0.25, -0.2) is 9.98 Å². The van der Waals surface area contributed by atoms with Gasteiger partial charge in [0.2, 0.25) is 0 Å². The van der Waals surface area contributed by atoms with E-state index in [4.69, 9.17) is 0 Å². The molecule has 0 radical (unpaired) electrons. The van der Waals surface area contributed by atoms with Crippen LogP contribution in [-0.4, -0.2) is 36.0 Å². The third kappa shape index (κ3) is 7.98. The van der Waals surface area contributed by atoms with Crippen LogP contribution in [0.3, 0.4) is 0 Å². The number of hydrogen-bond donors (Lipinski definition) is 2. The molecule has 0 amide bonds. The van der Waals surface area contributed by atoms with Gasteiger partial charge in [0.1, 0.15) is 0 Å². The number of thioether (sulfide) groups is 1. The van der Waals surface area contributed by atoms with Gasteiger partial charge in [-0.2, -0.15) is 11.8 Å². The summed E-state index contributed by atoms with van der Waals surface area (Å²) in [6.45, 7) is 6.65. The maximum absolute atomic E-state index is 4.53. The lowest BCUT2D eigenvalue weighted by Crippen LogP contribution is -2.38. The highest BCUT2D eigenvalue weighted by Crippen LogP contribution is 2.10. The zero-order chi connectivity index (χ0) is 13.2. The van der Waals surface area contributed by atoms with Crippen molar-refractivity contribution >= 4 is 53.0 Å². The smallest absolute Gasteiger partial charge is 0.191 e. The lowest BCUT2D eigenvalue weighted by Gasteiger charge is -2.09. The van der Waals surface area contributed by atoms with Crippen molar-refractivity contribution in [3.05, 3.63) is 16.1 Å². The van der Waals surface area contributed by atoms with Crippen molar-refractivity contribution in [2.24, 2.45) is 4.99 Å². The van der Waals surface area contributed by atoms with Gasteiger partial charge >= 0.3 is 0 Å². The van der Waals surface area contributed by atoms with Gasteiger partial charge in [0, 0.05) is 24.2 Å². The number of nitrogens with zero attached hydrogens (tertiary/aromatic N) is 2. The summed E-state index contributed by atoms with van der Waals surface area (Å²) in [5.74, 6) is 1.96. The Morgan fingerprint density at radius 3 is 2.79 bits per heavy atom. The fraction of sp³-hybridized carbons (Fsp3) is 0.667. The predicted molar refractivity (Wildman–Crippen MR) is 98.1 cm³/mol. The van der Waals surface area contributed by atoms with Crippen LogP contribution in [0.15, 0.2) is 10.4 Å². The number of aliphatic imine (C=N–C) groups is 1. The van der Waals surface area contributed by atoms with Gasteiger partial charge < -0.3 is 10.6 Å². The third-order valence-electron chi connectivity index (χ3n) is 2.24. The van der Waals surface area contributed by atoms with E-state index in [-0.39, 0.29) is 24.0 Å². The lowest BCUT2D eigenvalue weighted by molar-refractivity contribution is 0.837. The summed E-state index contributed by atoms with van der Waals surface area (Å²) in [7, 11) is 0. The van der Waals surface area contributed by atoms with Crippen LogP contribution in [0.4, 0.5) is 0 Å². The minimum Gasteiger partial charge on any atom is -0.357 e. The second-order valence-electron chi connectivity index (χ2n) is 3.70. The fourth-order valence-corrected chi connectivity index (χ4v) is 2.40. The molecule has 0 unspecified atom stereocenters. The van der Waals surface area contributed by atoms with Crippen molar-refractivity contribution in [3.63, 3.8) is 0 Å². The van der Waals surface area contributed by atoms with Gasteiger partial charge in [-0.05, 0) is 19.6 Å². The van der Waals surface area contributed by atoms with E-state index in [1.165, 1.54) is 5.01 Å². The molecule has 0 saturated carbocycles. The molecule has 0 bridgehead atoms. The van der Waals surface area contributed by atoms with Gasteiger partial charge in [-0.1, -0.05) is 6.92 Å². The Morgan fingerprint density at radius 2 is 2.21 bits per heavy atom. The summed E-state index contributed by atoms with van der Waals surface area (Å²) in [5, 5.41) is 9.82. The highest BCUT2D eigenvalue weighted by molar-refractivity contribution is 14.0. The molecule has 0 aliphatic heterocycles. The molecular weight excluding hydrogens is 391 g/mol. The first-order chi connectivity index (χ1) is 8.80. The van der Waals surface area contributed by atoms with Gasteiger partial charge in [0.05, 0.1) is 17.2 Å². The molecule has 0 spiro atoms. The Kier molecular flexibility index (Phi) is 11.8. The Balaban J connectivity index is 0.00000324. The number of rotatable bonds is 7. The number of guanidine groups is 1. The molecule has 0 atom stereocenters. The van der Waals surface area contributed by atoms with E-state index in [1.54, 1.807) is 11.3 Å². The average molecular weight is 414 g/mol. The number of thiazole rings is 1. The first-order valence-electron chi connectivity index (χ1n) is 6.24. The van der Waals surface area contributed by atoms with Crippen molar-refractivity contribution in [2.75, 3.05) is 25.1 Å². The average Bonchev–Trinajstić information content (AvgIpc) is 2.84. The summed E-state index contributed by atoms with van der Waals surface area (Å²) in [6, 6.07) is 0. The van der Waals surface area contributed by atoms with Crippen LogP contribution in [0.2, 0.25) is 0 Å². The quantitative estimate of drug-likeness (QED) is 0.312. The molecule has 0 saturated heterocycles. The first kappa shape index (κ1) is 19.0. The normalized spacial score (nSPS) is 11.0. The summed E-state index contributed by atoms with van der Waals surface area (Å²) < 4.78 is 0. The highest BCUT2D eigenvalue weighted by atomic mass is 127. The Labute approximate surface area is 141 Å². The number of hydrogen-bond acceptors (Lipinski definition) is 4. The minimum absolute atomic E-state index is 0. The van der Waals surface area contributed by atoms with E-state index in [9.17, 15) is 0 Å². The molecule has 0 aliphatic rings. The largest absolute Gasteiger partial charge is 0.357 e. The SMILES string of the molecule is CCNC(=NCc1csc(CC)n1)NCCSC.I. The molecule has 0 fully saturated rings. The third-order valence-corrected chi connectivity index (χ3v) is 3.90. The van der Waals surface area contributed by atoms with E-state index in [0.29, 0.717) is 6.54 Å². The molecule has 0 aromatic carbocycles. The summed E-state index contributed by atoms with van der Waals surface area (Å²) in [5.41, 5.74) is 1.05. The van der Waals surface area contributed by atoms with Gasteiger partial charge in [0.15, 0.2) is 5.96 Å². The van der Waals surface area contributed by atoms with E-state index in [0.717, 1.165) is 36.9 Å². The molecule has 1 aromatic heterocycles. The van der Waals surface area contributed by atoms with Crippen LogP contribution in [-0.2, 0) is 13.0 Å². The topological polar surface area (TPSA) is 49.3 Å². The van der Waals surface area contributed by atoms with Crippen LogP contribution < -0.4 is 10.6 Å². The van der Waals surface area contributed by atoms with Gasteiger partial charge in [-0.15, -0.1) is 35.3 Å². The second kappa shape index (κ2) is 11.8. The second-order valence-corrected chi connectivity index (χ2v) is 5.63. The first-order valence-corrected chi connectivity index (χ1v) is 8.51. The van der Waals surface area contributed by atoms with Crippen LogP contribution in [0.5, 0.6) is 0 Å². The molecule has 1 aromatic rings. The summed E-state index contributed by atoms with van der Waals surface area (Å²) in [6.07, 6.45) is 3.10. The van der Waals surface area contributed by atoms with Gasteiger partial charge in [-0.3, -0.25) is 0 Å². The maximum Gasteiger partial charge on any atom is 0.191 e. The minimum atomic E-state index is 0. The molecule has 1 rings (SSSR count). The lowest BCUT2D eigenvalue weighted by atomic mass is 10.5. The Morgan fingerprint density at radius 1 is 1.42 bits per heavy atom. The van der Waals surface area contributed by atoms with Crippen LogP contribution >= 0.6 is 47.1 Å². The van der Waals surface area contributed by atoms with E-state index < -0.39 is 0 Å². The van der Waals surface area contributed by atoms with Crippen LogP contribution in [0.25, 0.3) is 0 Å². The van der Waals surface area contributed by atoms with Crippen LogP contribution in [0.1, 0.15) is 24.5 Å². The van der Waals surface area contributed by atoms with Crippen molar-refractivity contribution in [2.45, 2.75) is 26.8 Å². The molecule has 19 heavy (non-hydrogen) atoms. The monoisotopic (exact) mass is 414 g/mol. The van der Waals surface area contributed by atoms with E-state index in [1.807, 2.05) is 11.8 Å². The van der Waals surface area contributed by atoms with E-state index in [2.05, 4.69) is 46.1 Å². The molecular formula is C12H23IN4S2. The molecule has 2 N–H and O–H groups in total. The van der Waals surface area contributed by atoms with Gasteiger partial charge in [0.25, 0.3) is 0 Å². The molecule has 0 aliphatic carbocycles.